The largest absolute Gasteiger partial charge is 0.514 e. The maximum Gasteiger partial charge on any atom is 0.514 e. The number of hydrogen-bond donors (Lipinski definition) is 1. The molecule has 2 atom stereocenters. The molecule has 0 heterocycles. The van der Waals surface area contributed by atoms with E-state index in [1.54, 1.807) is 41.5 Å². The van der Waals surface area contributed by atoms with Gasteiger partial charge in [0.1, 0.15) is 18.8 Å². The summed E-state index contributed by atoms with van der Waals surface area (Å²) in [6.07, 6.45) is -4.87. The normalized spacial score (nSPS) is 12.5. The number of esters is 1. The average Bonchev–Trinajstić information content (AvgIpc) is 2.72. The van der Waals surface area contributed by atoms with Crippen molar-refractivity contribution < 1.29 is 52.3 Å². The Bertz CT molecular complexity index is 898. The SMILES string of the molecule is CC(C)OC(=O)OC[C@@H](C)OC(=O)[C@@H](N)Cc1ccc(OC(=O)OC(C)C)c(OC(=O)OC(C)C)c1. The summed E-state index contributed by atoms with van der Waals surface area (Å²) < 4.78 is 35.1. The Morgan fingerprint density at radius 3 is 1.75 bits per heavy atom. The number of hydrogen-bond acceptors (Lipinski definition) is 12. The van der Waals surface area contributed by atoms with E-state index >= 15 is 0 Å². The monoisotopic (exact) mass is 513 g/mol. The second kappa shape index (κ2) is 14.8. The van der Waals surface area contributed by atoms with Crippen molar-refractivity contribution in [2.75, 3.05) is 6.61 Å². The van der Waals surface area contributed by atoms with Crippen LogP contribution in [-0.4, -0.2) is 61.5 Å². The molecule has 0 saturated heterocycles. The average molecular weight is 514 g/mol. The molecule has 0 amide bonds. The maximum atomic E-state index is 12.4. The molecule has 0 aliphatic carbocycles. The zero-order valence-electron chi connectivity index (χ0n) is 21.6. The molecule has 2 N–H and O–H groups in total. The Labute approximate surface area is 210 Å². The van der Waals surface area contributed by atoms with Crippen LogP contribution < -0.4 is 15.2 Å². The van der Waals surface area contributed by atoms with Gasteiger partial charge in [-0.3, -0.25) is 4.79 Å². The fourth-order valence-electron chi connectivity index (χ4n) is 2.52. The van der Waals surface area contributed by atoms with Gasteiger partial charge < -0.3 is 38.9 Å². The minimum Gasteiger partial charge on any atom is -0.458 e. The van der Waals surface area contributed by atoms with Crippen LogP contribution in [0.4, 0.5) is 14.4 Å². The van der Waals surface area contributed by atoms with Crippen LogP contribution in [0.5, 0.6) is 11.5 Å². The Hall–Kier alpha value is -3.54. The summed E-state index contributed by atoms with van der Waals surface area (Å²) in [6.45, 7) is 11.2. The molecule has 12 heteroatoms. The summed E-state index contributed by atoms with van der Waals surface area (Å²) in [4.78, 5) is 47.7. The minimum absolute atomic E-state index is 0.00584. The summed E-state index contributed by atoms with van der Waals surface area (Å²) in [5.74, 6) is -0.976. The fourth-order valence-corrected chi connectivity index (χ4v) is 2.52. The Morgan fingerprint density at radius 1 is 0.722 bits per heavy atom. The number of rotatable bonds is 11. The Balaban J connectivity index is 2.86. The Kier molecular flexibility index (Phi) is 12.5. The van der Waals surface area contributed by atoms with E-state index in [2.05, 4.69) is 0 Å². The second-order valence-corrected chi connectivity index (χ2v) is 8.60. The summed E-state index contributed by atoms with van der Waals surface area (Å²) in [7, 11) is 0. The number of nitrogens with two attached hydrogens (primary N) is 1. The summed E-state index contributed by atoms with van der Waals surface area (Å²) >= 11 is 0. The number of benzene rings is 1. The van der Waals surface area contributed by atoms with Gasteiger partial charge in [0.05, 0.1) is 18.3 Å². The highest BCUT2D eigenvalue weighted by Gasteiger charge is 2.22. The van der Waals surface area contributed by atoms with E-state index in [0.29, 0.717) is 5.56 Å². The lowest BCUT2D eigenvalue weighted by Crippen LogP contribution is -2.37. The predicted molar refractivity (Wildman–Crippen MR) is 126 cm³/mol. The van der Waals surface area contributed by atoms with Crippen LogP contribution in [-0.2, 0) is 34.9 Å². The lowest BCUT2D eigenvalue weighted by atomic mass is 10.1. The molecule has 0 saturated carbocycles. The van der Waals surface area contributed by atoms with Gasteiger partial charge in [-0.05, 0) is 72.6 Å². The van der Waals surface area contributed by atoms with Crippen LogP contribution in [0, 0.1) is 0 Å². The minimum atomic E-state index is -1.09. The maximum absolute atomic E-state index is 12.4. The summed E-state index contributed by atoms with van der Waals surface area (Å²) in [6, 6.07) is 3.17. The Morgan fingerprint density at radius 2 is 1.22 bits per heavy atom. The number of carbonyl (C=O) groups is 4. The van der Waals surface area contributed by atoms with E-state index in [1.165, 1.54) is 25.1 Å². The van der Waals surface area contributed by atoms with E-state index in [0.717, 1.165) is 0 Å². The van der Waals surface area contributed by atoms with Crippen molar-refractivity contribution in [1.29, 1.82) is 0 Å². The van der Waals surface area contributed by atoms with Gasteiger partial charge >= 0.3 is 24.4 Å². The van der Waals surface area contributed by atoms with Gasteiger partial charge in [0.2, 0.25) is 0 Å². The fraction of sp³-hybridized carbons (Fsp3) is 0.583. The molecular formula is C24H35NO11. The molecule has 0 spiro atoms. The zero-order valence-corrected chi connectivity index (χ0v) is 21.6. The first kappa shape index (κ1) is 30.5. The number of carbonyl (C=O) groups excluding carboxylic acids is 4. The van der Waals surface area contributed by atoms with Crippen LogP contribution in [0.1, 0.15) is 54.0 Å². The van der Waals surface area contributed by atoms with Crippen LogP contribution in [0.2, 0.25) is 0 Å². The first-order valence-electron chi connectivity index (χ1n) is 11.5. The molecule has 0 aromatic heterocycles. The van der Waals surface area contributed by atoms with Crippen molar-refractivity contribution in [1.82, 2.24) is 0 Å². The highest BCUT2D eigenvalue weighted by Crippen LogP contribution is 2.30. The van der Waals surface area contributed by atoms with Crippen molar-refractivity contribution in [3.05, 3.63) is 23.8 Å². The van der Waals surface area contributed by atoms with Crippen molar-refractivity contribution in [2.45, 2.75) is 85.3 Å². The zero-order chi connectivity index (χ0) is 27.4. The van der Waals surface area contributed by atoms with Gasteiger partial charge in [-0.15, -0.1) is 0 Å². The van der Waals surface area contributed by atoms with Gasteiger partial charge in [-0.1, -0.05) is 6.07 Å². The lowest BCUT2D eigenvalue weighted by Gasteiger charge is -2.18. The molecule has 0 unspecified atom stereocenters. The molecule has 1 aromatic rings. The molecular weight excluding hydrogens is 478 g/mol. The van der Waals surface area contributed by atoms with E-state index < -0.39 is 48.8 Å². The van der Waals surface area contributed by atoms with E-state index in [1.807, 2.05) is 0 Å². The van der Waals surface area contributed by atoms with Gasteiger partial charge in [0, 0.05) is 0 Å². The standard InChI is InChI=1S/C24H35NO11/c1-13(2)31-22(27)30-12-16(7)34-21(26)18(25)10-17-8-9-19(35-23(28)32-14(3)4)20(11-17)36-24(29)33-15(5)6/h8-9,11,13-16,18H,10,12,25H2,1-7H3/t16-,18+/m1/s1. The topological polar surface area (TPSA) is 159 Å². The quantitative estimate of drug-likeness (QED) is 0.259. The molecule has 0 bridgehead atoms. The van der Waals surface area contributed by atoms with Crippen molar-refractivity contribution in [2.24, 2.45) is 5.73 Å². The van der Waals surface area contributed by atoms with Crippen LogP contribution in [0.25, 0.3) is 0 Å². The second-order valence-electron chi connectivity index (χ2n) is 8.60. The van der Waals surface area contributed by atoms with Crippen molar-refractivity contribution >= 4 is 24.4 Å². The third-order valence-corrected chi connectivity index (χ3v) is 3.90. The molecule has 0 aliphatic heterocycles. The van der Waals surface area contributed by atoms with E-state index in [-0.39, 0.29) is 30.6 Å². The van der Waals surface area contributed by atoms with Gasteiger partial charge in [0.25, 0.3) is 0 Å². The van der Waals surface area contributed by atoms with Crippen LogP contribution in [0.3, 0.4) is 0 Å². The molecule has 1 aromatic carbocycles. The summed E-state index contributed by atoms with van der Waals surface area (Å²) in [5, 5.41) is 0. The van der Waals surface area contributed by atoms with Crippen LogP contribution >= 0.6 is 0 Å². The smallest absolute Gasteiger partial charge is 0.458 e. The molecule has 12 nitrogen and oxygen atoms in total. The van der Waals surface area contributed by atoms with Gasteiger partial charge in [0.15, 0.2) is 11.5 Å². The highest BCUT2D eigenvalue weighted by molar-refractivity contribution is 5.76. The molecule has 0 fully saturated rings. The predicted octanol–water partition coefficient (Wildman–Crippen LogP) is 3.90. The first-order valence-corrected chi connectivity index (χ1v) is 11.5. The molecule has 202 valence electrons. The van der Waals surface area contributed by atoms with Crippen LogP contribution in [0.15, 0.2) is 18.2 Å². The molecule has 0 aliphatic rings. The van der Waals surface area contributed by atoms with Crippen molar-refractivity contribution in [3.8, 4) is 11.5 Å². The number of ether oxygens (including phenoxy) is 7. The van der Waals surface area contributed by atoms with E-state index in [9.17, 15) is 19.2 Å². The highest BCUT2D eigenvalue weighted by atomic mass is 16.8. The third-order valence-electron chi connectivity index (χ3n) is 3.90. The molecule has 0 radical (unpaired) electrons. The van der Waals surface area contributed by atoms with E-state index in [4.69, 9.17) is 38.9 Å². The molecule has 36 heavy (non-hydrogen) atoms. The lowest BCUT2D eigenvalue weighted by molar-refractivity contribution is -0.152. The van der Waals surface area contributed by atoms with Crippen molar-refractivity contribution in [3.63, 3.8) is 0 Å². The first-order chi connectivity index (χ1) is 16.8. The third kappa shape index (κ3) is 12.2. The van der Waals surface area contributed by atoms with Gasteiger partial charge in [-0.25, -0.2) is 14.4 Å². The molecule has 1 rings (SSSR count). The van der Waals surface area contributed by atoms with Gasteiger partial charge in [-0.2, -0.15) is 0 Å². The summed E-state index contributed by atoms with van der Waals surface area (Å²) in [5.41, 5.74) is 6.44.